The molecule has 0 aliphatic carbocycles. The van der Waals surface area contributed by atoms with E-state index >= 15 is 0 Å². The van der Waals surface area contributed by atoms with Gasteiger partial charge in [-0.1, -0.05) is 29.3 Å². The van der Waals surface area contributed by atoms with Gasteiger partial charge in [0.15, 0.2) is 23.9 Å². The molecule has 3 heterocycles. The number of carbonyl (C=O) groups excluding carboxylic acids is 2. The molecule has 1 fully saturated rings. The Labute approximate surface area is 198 Å². The highest BCUT2D eigenvalue weighted by atomic mass is 35.5. The van der Waals surface area contributed by atoms with E-state index in [0.717, 1.165) is 5.56 Å². The van der Waals surface area contributed by atoms with Crippen molar-refractivity contribution in [2.24, 2.45) is 0 Å². The van der Waals surface area contributed by atoms with Crippen molar-refractivity contribution in [1.82, 2.24) is 4.90 Å². The molecule has 0 radical (unpaired) electrons. The van der Waals surface area contributed by atoms with Gasteiger partial charge in [-0.2, -0.15) is 0 Å². The summed E-state index contributed by atoms with van der Waals surface area (Å²) in [6.07, 6.45) is 3.48. The van der Waals surface area contributed by atoms with Gasteiger partial charge in [0, 0.05) is 17.2 Å². The monoisotopic (exact) mass is 483 g/mol. The summed E-state index contributed by atoms with van der Waals surface area (Å²) in [5.74, 6) is -0.851. The maximum absolute atomic E-state index is 13.2. The summed E-state index contributed by atoms with van der Waals surface area (Å²) in [6.45, 7) is 0.214. The second-order valence-corrected chi connectivity index (χ2v) is 8.39. The van der Waals surface area contributed by atoms with Crippen molar-refractivity contribution in [2.45, 2.75) is 12.6 Å². The Bertz CT molecular complexity index is 1310. The van der Waals surface area contributed by atoms with E-state index in [9.17, 15) is 14.7 Å². The molecule has 0 saturated carbocycles. The van der Waals surface area contributed by atoms with Crippen molar-refractivity contribution in [3.8, 4) is 11.5 Å². The number of hydrogen-bond acceptors (Lipinski definition) is 5. The fraction of sp³-hybridized carbons (Fsp3) is 0.125. The molecule has 3 aromatic rings. The maximum atomic E-state index is 13.2. The Hall–Kier alpha value is -3.55. The summed E-state index contributed by atoms with van der Waals surface area (Å²) in [5.41, 5.74) is 1.62. The number of fused-ring (bicyclic) bond motifs is 1. The second kappa shape index (κ2) is 8.42. The Morgan fingerprint density at radius 1 is 1.06 bits per heavy atom. The maximum Gasteiger partial charge on any atom is 0.295 e. The molecule has 1 atom stereocenters. The van der Waals surface area contributed by atoms with Crippen LogP contribution < -0.4 is 14.5 Å². The number of benzene rings is 2. The van der Waals surface area contributed by atoms with Crippen molar-refractivity contribution in [3.63, 3.8) is 0 Å². The highest BCUT2D eigenvalue weighted by molar-refractivity contribution is 6.46. The van der Waals surface area contributed by atoms with Crippen LogP contribution in [0, 0.1) is 0 Å². The number of aromatic nitrogens is 1. The number of ether oxygens (including phenoxy) is 2. The molecule has 2 N–H and O–H groups in total. The Balaban J connectivity index is 1.66. The first-order chi connectivity index (χ1) is 15.9. The van der Waals surface area contributed by atoms with E-state index in [1.165, 1.54) is 4.90 Å². The SMILES string of the molecule is O=C1C(=O)N(Cc2ccc[nH+]c2)C(c2ccc(Cl)c(Cl)c2)C1=C(O)c1ccc2c(c1)OCO2. The predicted molar refractivity (Wildman–Crippen MR) is 120 cm³/mol. The number of pyridine rings is 1. The number of Topliss-reactive ketones (excluding diaryl/α,β-unsaturated/α-hetero) is 1. The summed E-state index contributed by atoms with van der Waals surface area (Å²) >= 11 is 12.3. The number of carbonyl (C=O) groups is 2. The molecule has 1 saturated heterocycles. The average molecular weight is 484 g/mol. The van der Waals surface area contributed by atoms with Gasteiger partial charge in [0.25, 0.3) is 11.7 Å². The van der Waals surface area contributed by atoms with Crippen molar-refractivity contribution in [2.75, 3.05) is 6.79 Å². The van der Waals surface area contributed by atoms with Crippen LogP contribution in [0.1, 0.15) is 22.7 Å². The molecular formula is C24H17Cl2N2O5+. The Morgan fingerprint density at radius 2 is 1.88 bits per heavy atom. The molecule has 7 nitrogen and oxygen atoms in total. The largest absolute Gasteiger partial charge is 0.507 e. The van der Waals surface area contributed by atoms with Crippen LogP contribution in [0.15, 0.2) is 66.5 Å². The van der Waals surface area contributed by atoms with Gasteiger partial charge in [-0.25, -0.2) is 4.98 Å². The number of amides is 1. The topological polar surface area (TPSA) is 90.2 Å². The van der Waals surface area contributed by atoms with Crippen molar-refractivity contribution < 1.29 is 29.2 Å². The molecule has 1 unspecified atom stereocenters. The van der Waals surface area contributed by atoms with E-state index in [-0.39, 0.29) is 29.7 Å². The zero-order valence-corrected chi connectivity index (χ0v) is 18.6. The van der Waals surface area contributed by atoms with Crippen LogP contribution in [0.4, 0.5) is 0 Å². The van der Waals surface area contributed by atoms with Crippen LogP contribution in [-0.2, 0) is 16.1 Å². The minimum absolute atomic E-state index is 0.0443. The lowest BCUT2D eigenvalue weighted by molar-refractivity contribution is -0.378. The molecule has 2 aliphatic heterocycles. The number of ketones is 1. The molecule has 1 amide bonds. The first-order valence-electron chi connectivity index (χ1n) is 10.0. The fourth-order valence-corrected chi connectivity index (χ4v) is 4.30. The number of aliphatic hydroxyl groups is 1. The zero-order valence-electron chi connectivity index (χ0n) is 17.0. The number of rotatable bonds is 4. The molecule has 2 aromatic carbocycles. The van der Waals surface area contributed by atoms with E-state index in [1.807, 2.05) is 6.07 Å². The van der Waals surface area contributed by atoms with E-state index in [2.05, 4.69) is 4.98 Å². The van der Waals surface area contributed by atoms with E-state index in [4.69, 9.17) is 32.7 Å². The van der Waals surface area contributed by atoms with Crippen LogP contribution in [-0.4, -0.2) is 28.5 Å². The van der Waals surface area contributed by atoms with E-state index < -0.39 is 17.7 Å². The molecule has 0 bridgehead atoms. The standard InChI is InChI=1S/C24H16Cl2N2O5/c25-16-5-3-14(8-17(16)26)21-20(22(29)15-4-6-18-19(9-15)33-12-32-18)23(30)24(31)28(21)11-13-2-1-7-27-10-13/h1-10,21,29H,11-12H2/p+1. The molecule has 1 aromatic heterocycles. The number of hydrogen-bond donors (Lipinski definition) is 1. The predicted octanol–water partition coefficient (Wildman–Crippen LogP) is 4.16. The highest BCUT2D eigenvalue weighted by Gasteiger charge is 2.46. The molecule has 0 spiro atoms. The van der Waals surface area contributed by atoms with Crippen molar-refractivity contribution in [1.29, 1.82) is 0 Å². The van der Waals surface area contributed by atoms with Gasteiger partial charge in [0.1, 0.15) is 5.76 Å². The molecular weight excluding hydrogens is 467 g/mol. The number of nitrogens with zero attached hydrogens (tertiary/aromatic N) is 1. The van der Waals surface area contributed by atoms with Crippen LogP contribution >= 0.6 is 23.2 Å². The van der Waals surface area contributed by atoms with Gasteiger partial charge in [0.05, 0.1) is 28.2 Å². The lowest BCUT2D eigenvalue weighted by atomic mass is 9.95. The third-order valence-electron chi connectivity index (χ3n) is 5.57. The van der Waals surface area contributed by atoms with Crippen LogP contribution in [0.5, 0.6) is 11.5 Å². The quantitative estimate of drug-likeness (QED) is 0.341. The Morgan fingerprint density at radius 3 is 2.64 bits per heavy atom. The molecule has 5 rings (SSSR count). The van der Waals surface area contributed by atoms with Gasteiger partial charge in [0.2, 0.25) is 6.79 Å². The highest BCUT2D eigenvalue weighted by Crippen LogP contribution is 2.43. The van der Waals surface area contributed by atoms with Gasteiger partial charge >= 0.3 is 0 Å². The third kappa shape index (κ3) is 3.79. The summed E-state index contributed by atoms with van der Waals surface area (Å²) in [7, 11) is 0. The number of aliphatic hydroxyl groups excluding tert-OH is 1. The third-order valence-corrected chi connectivity index (χ3v) is 6.31. The summed E-state index contributed by atoms with van der Waals surface area (Å²) in [5, 5.41) is 11.8. The second-order valence-electron chi connectivity index (χ2n) is 7.58. The van der Waals surface area contributed by atoms with Gasteiger partial charge < -0.3 is 19.5 Å². The molecule has 33 heavy (non-hydrogen) atoms. The minimum Gasteiger partial charge on any atom is -0.507 e. The molecule has 2 aliphatic rings. The average Bonchev–Trinajstić information content (AvgIpc) is 3.39. The van der Waals surface area contributed by atoms with Gasteiger partial charge in [-0.15, -0.1) is 0 Å². The van der Waals surface area contributed by atoms with Gasteiger partial charge in [-0.3, -0.25) is 9.59 Å². The number of H-pyrrole nitrogens is 1. The zero-order chi connectivity index (χ0) is 23.1. The first-order valence-corrected chi connectivity index (χ1v) is 10.8. The normalized spacial score (nSPS) is 18.7. The number of nitrogens with one attached hydrogen (secondary N) is 1. The van der Waals surface area contributed by atoms with Crippen molar-refractivity contribution in [3.05, 3.63) is 93.2 Å². The van der Waals surface area contributed by atoms with Crippen LogP contribution in [0.3, 0.4) is 0 Å². The number of halogens is 2. The lowest BCUT2D eigenvalue weighted by Gasteiger charge is -2.25. The van der Waals surface area contributed by atoms with Crippen LogP contribution in [0.25, 0.3) is 5.76 Å². The summed E-state index contributed by atoms with van der Waals surface area (Å²) in [6, 6.07) is 12.5. The summed E-state index contributed by atoms with van der Waals surface area (Å²) < 4.78 is 10.7. The first kappa shape index (κ1) is 21.3. The smallest absolute Gasteiger partial charge is 0.295 e. The van der Waals surface area contributed by atoms with Crippen LogP contribution in [0.2, 0.25) is 10.0 Å². The molecule has 9 heteroatoms. The fourth-order valence-electron chi connectivity index (χ4n) is 4.00. The van der Waals surface area contributed by atoms with Gasteiger partial charge in [-0.05, 0) is 42.0 Å². The van der Waals surface area contributed by atoms with Crippen molar-refractivity contribution >= 4 is 40.7 Å². The minimum atomic E-state index is -0.870. The number of aromatic amines is 1. The lowest BCUT2D eigenvalue weighted by Crippen LogP contribution is -2.29. The number of likely N-dealkylation sites (tertiary alicyclic amines) is 1. The molecule has 166 valence electrons. The summed E-state index contributed by atoms with van der Waals surface area (Å²) in [4.78, 5) is 30.6. The van der Waals surface area contributed by atoms with E-state index in [1.54, 1.807) is 54.9 Å². The Kier molecular flexibility index (Phi) is 5.44. The van der Waals surface area contributed by atoms with E-state index in [0.29, 0.717) is 27.6 Å².